The van der Waals surface area contributed by atoms with E-state index in [0.29, 0.717) is 0 Å². The Kier molecular flexibility index (Phi) is 4.14. The van der Waals surface area contributed by atoms with E-state index >= 15 is 0 Å². The Hall–Kier alpha value is -2.21. The third-order valence-corrected chi connectivity index (χ3v) is 2.95. The number of nitro groups is 1. The van der Waals surface area contributed by atoms with Gasteiger partial charge in [-0.1, -0.05) is 17.7 Å². The van der Waals surface area contributed by atoms with E-state index in [2.05, 4.69) is 5.32 Å². The molecule has 4 nitrogen and oxygen atoms in total. The zero-order chi connectivity index (χ0) is 14.7. The van der Waals surface area contributed by atoms with Crippen molar-refractivity contribution in [3.05, 3.63) is 68.7 Å². The highest BCUT2D eigenvalue weighted by molar-refractivity contribution is 6.33. The van der Waals surface area contributed by atoms with Crippen molar-refractivity contribution >= 4 is 23.0 Å². The number of nitro benzene ring substituents is 1. The molecule has 0 fully saturated rings. The van der Waals surface area contributed by atoms with Crippen molar-refractivity contribution < 1.29 is 13.7 Å². The highest BCUT2D eigenvalue weighted by Gasteiger charge is 2.18. The number of para-hydroxylation sites is 1. The van der Waals surface area contributed by atoms with E-state index in [0.717, 1.165) is 18.2 Å². The molecule has 0 bridgehead atoms. The highest BCUT2D eigenvalue weighted by Crippen LogP contribution is 2.32. The maximum absolute atomic E-state index is 13.4. The molecular weight excluding hydrogens is 290 g/mol. The Labute approximate surface area is 118 Å². The molecule has 0 radical (unpaired) electrons. The summed E-state index contributed by atoms with van der Waals surface area (Å²) in [5.74, 6) is -1.17. The quantitative estimate of drug-likeness (QED) is 0.682. The number of nitrogens with one attached hydrogen (secondary N) is 1. The number of halogens is 3. The van der Waals surface area contributed by atoms with Crippen LogP contribution in [-0.2, 0) is 6.54 Å². The number of benzene rings is 2. The average molecular weight is 299 g/mol. The van der Waals surface area contributed by atoms with E-state index in [1.165, 1.54) is 18.2 Å². The lowest BCUT2D eigenvalue weighted by atomic mass is 10.2. The van der Waals surface area contributed by atoms with E-state index in [4.69, 9.17) is 11.6 Å². The Morgan fingerprint density at radius 1 is 1.25 bits per heavy atom. The number of hydrogen-bond acceptors (Lipinski definition) is 3. The van der Waals surface area contributed by atoms with Crippen LogP contribution < -0.4 is 5.32 Å². The molecule has 2 aromatic carbocycles. The van der Waals surface area contributed by atoms with Gasteiger partial charge in [0.05, 0.1) is 4.92 Å². The molecule has 1 N–H and O–H groups in total. The first-order chi connectivity index (χ1) is 9.49. The summed E-state index contributed by atoms with van der Waals surface area (Å²) in [6.07, 6.45) is 0. The zero-order valence-corrected chi connectivity index (χ0v) is 10.8. The van der Waals surface area contributed by atoms with E-state index in [1.54, 1.807) is 0 Å². The van der Waals surface area contributed by atoms with Gasteiger partial charge in [-0.2, -0.15) is 0 Å². The lowest BCUT2D eigenvalue weighted by Gasteiger charge is -2.08. The second kappa shape index (κ2) is 5.83. The normalized spacial score (nSPS) is 10.3. The molecule has 0 spiro atoms. The molecule has 0 heterocycles. The summed E-state index contributed by atoms with van der Waals surface area (Å²) < 4.78 is 26.5. The minimum absolute atomic E-state index is 0.0280. The Balaban J connectivity index is 2.25. The molecule has 2 rings (SSSR count). The van der Waals surface area contributed by atoms with Crippen LogP contribution in [0, 0.1) is 21.7 Å². The lowest BCUT2D eigenvalue weighted by Crippen LogP contribution is -2.05. The second-order valence-corrected chi connectivity index (χ2v) is 4.39. The van der Waals surface area contributed by atoms with Gasteiger partial charge in [0, 0.05) is 12.1 Å². The molecule has 0 amide bonds. The molecule has 104 valence electrons. The van der Waals surface area contributed by atoms with Crippen LogP contribution in [0.15, 0.2) is 36.4 Å². The first-order valence-corrected chi connectivity index (χ1v) is 5.97. The van der Waals surface area contributed by atoms with Crippen molar-refractivity contribution in [2.45, 2.75) is 6.54 Å². The summed E-state index contributed by atoms with van der Waals surface area (Å²) in [5, 5.41) is 13.6. The van der Waals surface area contributed by atoms with Gasteiger partial charge in [-0.15, -0.1) is 0 Å². The second-order valence-electron chi connectivity index (χ2n) is 3.98. The number of nitrogens with zero attached hydrogens (tertiary/aromatic N) is 1. The smallest absolute Gasteiger partial charge is 0.310 e. The summed E-state index contributed by atoms with van der Waals surface area (Å²) in [6.45, 7) is -0.0925. The van der Waals surface area contributed by atoms with Crippen LogP contribution in [0.2, 0.25) is 5.02 Å². The van der Waals surface area contributed by atoms with Crippen LogP contribution in [0.5, 0.6) is 0 Å². The van der Waals surface area contributed by atoms with Crippen LogP contribution in [0.3, 0.4) is 0 Å². The minimum atomic E-state index is -0.632. The minimum Gasteiger partial charge on any atom is -0.375 e. The van der Waals surface area contributed by atoms with Crippen molar-refractivity contribution in [2.75, 3.05) is 5.32 Å². The maximum atomic E-state index is 13.4. The first-order valence-electron chi connectivity index (χ1n) is 5.59. The van der Waals surface area contributed by atoms with Crippen LogP contribution in [-0.4, -0.2) is 4.92 Å². The Morgan fingerprint density at radius 3 is 2.70 bits per heavy atom. The fourth-order valence-corrected chi connectivity index (χ4v) is 1.96. The standard InChI is InChI=1S/C13H9ClF2N2O2/c14-10-2-1-3-12(13(10)18(19)20)17-7-8-6-9(15)4-5-11(8)16/h1-6,17H,7H2. The van der Waals surface area contributed by atoms with Crippen molar-refractivity contribution in [2.24, 2.45) is 0 Å². The summed E-state index contributed by atoms with van der Waals surface area (Å²) in [6, 6.07) is 7.38. The number of rotatable bonds is 4. The molecule has 0 aliphatic rings. The zero-order valence-electron chi connectivity index (χ0n) is 10.1. The van der Waals surface area contributed by atoms with E-state index < -0.39 is 16.6 Å². The first kappa shape index (κ1) is 14.2. The average Bonchev–Trinajstić information content (AvgIpc) is 2.39. The van der Waals surface area contributed by atoms with Gasteiger partial charge in [0.1, 0.15) is 22.3 Å². The van der Waals surface area contributed by atoms with Gasteiger partial charge in [-0.3, -0.25) is 10.1 Å². The van der Waals surface area contributed by atoms with Crippen LogP contribution in [0.4, 0.5) is 20.2 Å². The van der Waals surface area contributed by atoms with Gasteiger partial charge < -0.3 is 5.32 Å². The molecule has 7 heteroatoms. The van der Waals surface area contributed by atoms with Crippen LogP contribution >= 0.6 is 11.6 Å². The van der Waals surface area contributed by atoms with Gasteiger partial charge in [0.15, 0.2) is 0 Å². The van der Waals surface area contributed by atoms with Crippen molar-refractivity contribution in [3.63, 3.8) is 0 Å². The van der Waals surface area contributed by atoms with Crippen molar-refractivity contribution in [3.8, 4) is 0 Å². The Bertz CT molecular complexity index is 665. The van der Waals surface area contributed by atoms with Crippen LogP contribution in [0.25, 0.3) is 0 Å². The molecule has 0 unspecified atom stereocenters. The summed E-state index contributed by atoms with van der Waals surface area (Å²) in [7, 11) is 0. The van der Waals surface area contributed by atoms with E-state index in [-0.39, 0.29) is 28.5 Å². The predicted molar refractivity (Wildman–Crippen MR) is 71.8 cm³/mol. The fourth-order valence-electron chi connectivity index (χ4n) is 1.71. The number of hydrogen-bond donors (Lipinski definition) is 1. The summed E-state index contributed by atoms with van der Waals surface area (Å²) >= 11 is 5.75. The topological polar surface area (TPSA) is 55.2 Å². The van der Waals surface area contributed by atoms with E-state index in [1.807, 2.05) is 0 Å². The van der Waals surface area contributed by atoms with Crippen LogP contribution in [0.1, 0.15) is 5.56 Å². The molecule has 0 saturated heterocycles. The molecule has 0 aromatic heterocycles. The van der Waals surface area contributed by atoms with Gasteiger partial charge >= 0.3 is 5.69 Å². The van der Waals surface area contributed by atoms with Gasteiger partial charge in [0.25, 0.3) is 0 Å². The molecule has 0 saturated carbocycles. The third-order valence-electron chi connectivity index (χ3n) is 2.65. The SMILES string of the molecule is O=[N+]([O-])c1c(Cl)cccc1NCc1cc(F)ccc1F. The molecule has 0 aliphatic carbocycles. The maximum Gasteiger partial charge on any atom is 0.310 e. The highest BCUT2D eigenvalue weighted by atomic mass is 35.5. The van der Waals surface area contributed by atoms with Gasteiger partial charge in [-0.05, 0) is 30.3 Å². The van der Waals surface area contributed by atoms with Crippen molar-refractivity contribution in [1.29, 1.82) is 0 Å². The predicted octanol–water partition coefficient (Wildman–Crippen LogP) is 4.14. The monoisotopic (exact) mass is 298 g/mol. The third kappa shape index (κ3) is 3.03. The summed E-state index contributed by atoms with van der Waals surface area (Å²) in [5.41, 5.74) is -0.0867. The molecule has 0 aliphatic heterocycles. The molecule has 0 atom stereocenters. The molecule has 20 heavy (non-hydrogen) atoms. The fraction of sp³-hybridized carbons (Fsp3) is 0.0769. The summed E-state index contributed by atoms with van der Waals surface area (Å²) in [4.78, 5) is 10.3. The van der Waals surface area contributed by atoms with Gasteiger partial charge in [-0.25, -0.2) is 8.78 Å². The van der Waals surface area contributed by atoms with Gasteiger partial charge in [0.2, 0.25) is 0 Å². The van der Waals surface area contributed by atoms with E-state index in [9.17, 15) is 18.9 Å². The molecule has 2 aromatic rings. The Morgan fingerprint density at radius 2 is 2.00 bits per heavy atom. The molecular formula is C13H9ClF2N2O2. The van der Waals surface area contributed by atoms with Crippen molar-refractivity contribution in [1.82, 2.24) is 0 Å². The largest absolute Gasteiger partial charge is 0.375 e. The lowest BCUT2D eigenvalue weighted by molar-refractivity contribution is -0.383. The number of anilines is 1.